The van der Waals surface area contributed by atoms with E-state index in [1.807, 2.05) is 6.92 Å². The molecule has 2 heterocycles. The Labute approximate surface area is 187 Å². The van der Waals surface area contributed by atoms with Gasteiger partial charge in [-0.2, -0.15) is 5.01 Å². The average Bonchev–Trinajstić information content (AvgIpc) is 2.67. The molecule has 162 valence electrons. The number of hydrogen-bond acceptors (Lipinski definition) is 6. The Bertz CT molecular complexity index is 1130. The highest BCUT2D eigenvalue weighted by Gasteiger charge is 2.28. The van der Waals surface area contributed by atoms with E-state index in [0.717, 1.165) is 17.9 Å². The number of carbonyl (C=O) groups is 1. The van der Waals surface area contributed by atoms with E-state index in [2.05, 4.69) is 27.2 Å². The first-order valence-corrected chi connectivity index (χ1v) is 10.4. The van der Waals surface area contributed by atoms with E-state index >= 15 is 0 Å². The molecule has 1 aliphatic heterocycles. The van der Waals surface area contributed by atoms with Crippen molar-refractivity contribution in [1.29, 1.82) is 0 Å². The molecule has 4 N–H and O–H groups in total. The van der Waals surface area contributed by atoms with Crippen LogP contribution in [0.2, 0.25) is 10.0 Å². The largest absolute Gasteiger partial charge is 0.434 e. The van der Waals surface area contributed by atoms with Crippen LogP contribution in [0.5, 0.6) is 11.6 Å². The zero-order chi connectivity index (χ0) is 22.3. The molecule has 2 aliphatic rings. The summed E-state index contributed by atoms with van der Waals surface area (Å²) in [6.45, 7) is 5.62. The van der Waals surface area contributed by atoms with Crippen molar-refractivity contribution < 1.29 is 9.53 Å². The fourth-order valence-corrected chi connectivity index (χ4v) is 4.04. The standard InChI is InChI=1S/C20H20Cl2N6O3/c1-9(11-4-3-5-11)13-8-16(25-26-19(13)29)31-17-14(21)6-12(7-15(17)22)28-20(30)24-10(2)18(23)27-28/h6-9,11H,2-5H2,1H3,(H2,23,27)(H,24,30)(H,26,29)/t9-/m1/s1. The number of carbonyl (C=O) groups excluding carboxylic acids is 1. The van der Waals surface area contributed by atoms with Crippen LogP contribution in [0.15, 0.2) is 40.4 Å². The smallest absolute Gasteiger partial charge is 0.347 e. The molecule has 1 aromatic heterocycles. The van der Waals surface area contributed by atoms with E-state index in [9.17, 15) is 9.59 Å². The first-order chi connectivity index (χ1) is 14.7. The Kier molecular flexibility index (Phi) is 5.63. The van der Waals surface area contributed by atoms with E-state index in [1.165, 1.54) is 18.6 Å². The van der Waals surface area contributed by atoms with Gasteiger partial charge in [0.15, 0.2) is 11.6 Å². The minimum Gasteiger partial charge on any atom is -0.434 e. The third-order valence-corrected chi connectivity index (χ3v) is 6.12. The number of amidine groups is 1. The highest BCUT2D eigenvalue weighted by atomic mass is 35.5. The van der Waals surface area contributed by atoms with Crippen molar-refractivity contribution in [3.8, 4) is 11.6 Å². The molecule has 0 saturated heterocycles. The molecule has 11 heteroatoms. The number of H-pyrrole nitrogens is 1. The van der Waals surface area contributed by atoms with Crippen LogP contribution in [0.4, 0.5) is 10.5 Å². The van der Waals surface area contributed by atoms with Gasteiger partial charge < -0.3 is 15.8 Å². The molecule has 1 aromatic carbocycles. The second-order valence-electron chi connectivity index (χ2n) is 7.52. The fraction of sp³-hybridized carbons (Fsp3) is 0.300. The van der Waals surface area contributed by atoms with Crippen LogP contribution in [-0.4, -0.2) is 22.1 Å². The minimum atomic E-state index is -0.558. The number of rotatable bonds is 5. The van der Waals surface area contributed by atoms with E-state index < -0.39 is 6.03 Å². The Balaban J connectivity index is 1.62. The number of hydrogen-bond donors (Lipinski definition) is 3. The molecular formula is C20H20Cl2N6O3. The highest BCUT2D eigenvalue weighted by molar-refractivity contribution is 6.37. The molecule has 4 rings (SSSR count). The van der Waals surface area contributed by atoms with Crippen molar-refractivity contribution in [1.82, 2.24) is 15.5 Å². The fourth-order valence-electron chi connectivity index (χ4n) is 3.49. The van der Waals surface area contributed by atoms with Crippen LogP contribution in [0, 0.1) is 5.92 Å². The highest BCUT2D eigenvalue weighted by Crippen LogP contribution is 2.41. The van der Waals surface area contributed by atoms with Crippen molar-refractivity contribution in [2.45, 2.75) is 32.1 Å². The second-order valence-corrected chi connectivity index (χ2v) is 8.33. The van der Waals surface area contributed by atoms with Crippen molar-refractivity contribution in [2.24, 2.45) is 16.8 Å². The van der Waals surface area contributed by atoms with Gasteiger partial charge in [0.1, 0.15) is 0 Å². The van der Waals surface area contributed by atoms with Crippen LogP contribution >= 0.6 is 23.2 Å². The number of urea groups is 1. The van der Waals surface area contributed by atoms with Gasteiger partial charge in [-0.15, -0.1) is 10.2 Å². The maximum absolute atomic E-state index is 12.2. The number of nitrogens with one attached hydrogen (secondary N) is 2. The van der Waals surface area contributed by atoms with Gasteiger partial charge >= 0.3 is 6.03 Å². The number of benzene rings is 1. The predicted octanol–water partition coefficient (Wildman–Crippen LogP) is 4.09. The molecule has 2 aromatic rings. The molecule has 0 bridgehead atoms. The molecule has 1 atom stereocenters. The summed E-state index contributed by atoms with van der Waals surface area (Å²) in [5.74, 6) is 0.909. The van der Waals surface area contributed by atoms with Gasteiger partial charge in [-0.25, -0.2) is 9.89 Å². The summed E-state index contributed by atoms with van der Waals surface area (Å²) in [7, 11) is 0. The lowest BCUT2D eigenvalue weighted by Gasteiger charge is -2.31. The molecule has 0 unspecified atom stereocenters. The van der Waals surface area contributed by atoms with Crippen molar-refractivity contribution >= 4 is 40.8 Å². The van der Waals surface area contributed by atoms with Gasteiger partial charge in [0.2, 0.25) is 5.88 Å². The van der Waals surface area contributed by atoms with Crippen molar-refractivity contribution in [3.63, 3.8) is 0 Å². The number of amides is 2. The van der Waals surface area contributed by atoms with Crippen LogP contribution in [0.25, 0.3) is 0 Å². The molecule has 1 saturated carbocycles. The van der Waals surface area contributed by atoms with Crippen molar-refractivity contribution in [3.05, 3.63) is 56.4 Å². The number of nitrogens with two attached hydrogens (primary N) is 1. The average molecular weight is 463 g/mol. The molecule has 1 aliphatic carbocycles. The molecule has 9 nitrogen and oxygen atoms in total. The summed E-state index contributed by atoms with van der Waals surface area (Å²) in [6.07, 6.45) is 3.38. The summed E-state index contributed by atoms with van der Waals surface area (Å²) < 4.78 is 5.79. The first kappa shape index (κ1) is 21.2. The molecule has 1 fully saturated rings. The van der Waals surface area contributed by atoms with Gasteiger partial charge in [-0.3, -0.25) is 4.79 Å². The van der Waals surface area contributed by atoms with Gasteiger partial charge in [0.25, 0.3) is 5.56 Å². The summed E-state index contributed by atoms with van der Waals surface area (Å²) in [5.41, 5.74) is 6.58. The molecule has 2 amide bonds. The number of aromatic nitrogens is 2. The van der Waals surface area contributed by atoms with Crippen LogP contribution in [0.3, 0.4) is 0 Å². The Hall–Kier alpha value is -3.04. The van der Waals surface area contributed by atoms with E-state index in [4.69, 9.17) is 33.7 Å². The van der Waals surface area contributed by atoms with Crippen molar-refractivity contribution in [2.75, 3.05) is 5.01 Å². The van der Waals surface area contributed by atoms with E-state index in [0.29, 0.717) is 11.5 Å². The number of ether oxygens (including phenoxy) is 1. The zero-order valence-corrected chi connectivity index (χ0v) is 18.1. The van der Waals surface area contributed by atoms with E-state index in [-0.39, 0.29) is 50.4 Å². The summed E-state index contributed by atoms with van der Waals surface area (Å²) in [6, 6.07) is 3.96. The quantitative estimate of drug-likeness (QED) is 0.616. The number of hydrazone groups is 1. The van der Waals surface area contributed by atoms with Gasteiger partial charge in [-0.1, -0.05) is 43.1 Å². The maximum Gasteiger partial charge on any atom is 0.347 e. The Morgan fingerprint density at radius 2 is 1.94 bits per heavy atom. The summed E-state index contributed by atoms with van der Waals surface area (Å²) >= 11 is 12.7. The van der Waals surface area contributed by atoms with Crippen LogP contribution < -0.4 is 26.4 Å². The van der Waals surface area contributed by atoms with Crippen LogP contribution in [0.1, 0.15) is 37.7 Å². The maximum atomic E-state index is 12.2. The SMILES string of the molecule is C=C1NC(=O)N(c2cc(Cl)c(Oc3cc([C@H](C)C4CCC4)c(=O)[nH]n3)c(Cl)c2)N=C1N. The predicted molar refractivity (Wildman–Crippen MR) is 119 cm³/mol. The minimum absolute atomic E-state index is 0.0534. The lowest BCUT2D eigenvalue weighted by atomic mass is 9.74. The molecular weight excluding hydrogens is 443 g/mol. The molecule has 31 heavy (non-hydrogen) atoms. The van der Waals surface area contributed by atoms with Crippen LogP contribution in [-0.2, 0) is 0 Å². The zero-order valence-electron chi connectivity index (χ0n) is 16.6. The van der Waals surface area contributed by atoms with E-state index in [1.54, 1.807) is 6.07 Å². The number of anilines is 1. The normalized spacial score (nSPS) is 17.6. The number of nitrogens with zero attached hydrogens (tertiary/aromatic N) is 3. The summed E-state index contributed by atoms with van der Waals surface area (Å²) in [4.78, 5) is 24.4. The topological polar surface area (TPSA) is 126 Å². The second kappa shape index (κ2) is 8.24. The monoisotopic (exact) mass is 462 g/mol. The lowest BCUT2D eigenvalue weighted by Crippen LogP contribution is -2.45. The first-order valence-electron chi connectivity index (χ1n) is 9.65. The summed E-state index contributed by atoms with van der Waals surface area (Å²) in [5, 5.41) is 14.1. The van der Waals surface area contributed by atoms with Gasteiger partial charge in [0.05, 0.1) is 21.4 Å². The molecule has 0 spiro atoms. The van der Waals surface area contributed by atoms with Gasteiger partial charge in [0, 0.05) is 11.6 Å². The Morgan fingerprint density at radius 3 is 2.55 bits per heavy atom. The number of aromatic amines is 1. The Morgan fingerprint density at radius 1 is 1.26 bits per heavy atom. The number of halogens is 2. The third kappa shape index (κ3) is 4.11. The third-order valence-electron chi connectivity index (χ3n) is 5.56. The van der Waals surface area contributed by atoms with Gasteiger partial charge in [-0.05, 0) is 36.8 Å². The lowest BCUT2D eigenvalue weighted by molar-refractivity contribution is 0.248. The molecule has 0 radical (unpaired) electrons.